The number of rotatable bonds is 4. The highest BCUT2D eigenvalue weighted by atomic mass is 19.4. The highest BCUT2D eigenvalue weighted by Crippen LogP contribution is 2.31. The first-order chi connectivity index (χ1) is 9.97. The van der Waals surface area contributed by atoms with E-state index in [0.717, 1.165) is 16.5 Å². The molecule has 2 aromatic carbocycles. The van der Waals surface area contributed by atoms with Crippen LogP contribution in [0, 0.1) is 17.2 Å². The lowest BCUT2D eigenvalue weighted by molar-refractivity contribution is -0.156. The molecule has 0 spiro atoms. The zero-order chi connectivity index (χ0) is 15.5. The number of benzene rings is 2. The Kier molecular flexibility index (Phi) is 4.37. The summed E-state index contributed by atoms with van der Waals surface area (Å²) in [7, 11) is 0. The maximum Gasteiger partial charge on any atom is 0.406 e. The van der Waals surface area contributed by atoms with Gasteiger partial charge in [-0.2, -0.15) is 18.4 Å². The Hall–Kier alpha value is -2.22. The third-order valence-corrected chi connectivity index (χ3v) is 3.44. The molecule has 0 radical (unpaired) electrons. The Bertz CT molecular complexity index is 653. The molecule has 2 aromatic rings. The van der Waals surface area contributed by atoms with Gasteiger partial charge in [-0.1, -0.05) is 36.4 Å². The predicted octanol–water partition coefficient (Wildman–Crippen LogP) is 4.37. The lowest BCUT2D eigenvalue weighted by atomic mass is 10.1. The van der Waals surface area contributed by atoms with Crippen molar-refractivity contribution in [1.29, 1.82) is 5.26 Å². The van der Waals surface area contributed by atoms with E-state index in [1.54, 1.807) is 17.9 Å². The summed E-state index contributed by atoms with van der Waals surface area (Å²) in [4.78, 5) is 1.60. The number of nitriles is 1. The van der Waals surface area contributed by atoms with E-state index in [1.807, 2.05) is 36.4 Å². The Balaban J connectivity index is 2.39. The van der Waals surface area contributed by atoms with Gasteiger partial charge in [-0.15, -0.1) is 0 Å². The van der Waals surface area contributed by atoms with Gasteiger partial charge in [-0.05, 0) is 18.4 Å². The quantitative estimate of drug-likeness (QED) is 0.836. The van der Waals surface area contributed by atoms with Crippen molar-refractivity contribution in [2.24, 2.45) is 5.92 Å². The minimum absolute atomic E-state index is 0.357. The minimum Gasteiger partial charge on any atom is -0.370 e. The number of hydrogen-bond acceptors (Lipinski definition) is 2. The number of halogens is 3. The van der Waals surface area contributed by atoms with E-state index >= 15 is 0 Å². The molecule has 110 valence electrons. The van der Waals surface area contributed by atoms with Gasteiger partial charge in [-0.3, -0.25) is 0 Å². The molecule has 1 atom stereocenters. The summed E-state index contributed by atoms with van der Waals surface area (Å²) in [6, 6.07) is 14.4. The minimum atomic E-state index is -4.51. The monoisotopic (exact) mass is 292 g/mol. The van der Waals surface area contributed by atoms with Crippen molar-refractivity contribution < 1.29 is 13.2 Å². The van der Waals surface area contributed by atoms with Crippen LogP contribution < -0.4 is 4.90 Å². The van der Waals surface area contributed by atoms with Gasteiger partial charge in [0.05, 0.1) is 6.07 Å². The van der Waals surface area contributed by atoms with Crippen molar-refractivity contribution >= 4 is 16.5 Å². The molecule has 0 aliphatic carbocycles. The smallest absolute Gasteiger partial charge is 0.370 e. The van der Waals surface area contributed by atoms with Crippen LogP contribution in [0.15, 0.2) is 42.5 Å². The molecule has 2 rings (SSSR count). The van der Waals surface area contributed by atoms with Gasteiger partial charge < -0.3 is 4.90 Å². The summed E-state index contributed by atoms with van der Waals surface area (Å²) in [5.74, 6) is -1.99. The third kappa shape index (κ3) is 3.27. The third-order valence-electron chi connectivity index (χ3n) is 3.44. The molecule has 0 amide bonds. The van der Waals surface area contributed by atoms with Gasteiger partial charge in [0.1, 0.15) is 0 Å². The molecule has 0 saturated heterocycles. The number of nitrogens with zero attached hydrogens (tertiary/aromatic N) is 2. The molecule has 1 unspecified atom stereocenters. The van der Waals surface area contributed by atoms with Crippen LogP contribution in [0.25, 0.3) is 10.8 Å². The average molecular weight is 292 g/mol. The fourth-order valence-corrected chi connectivity index (χ4v) is 2.32. The van der Waals surface area contributed by atoms with Crippen LogP contribution in [-0.4, -0.2) is 19.3 Å². The van der Waals surface area contributed by atoms with Gasteiger partial charge >= 0.3 is 6.18 Å². The van der Waals surface area contributed by atoms with Crippen LogP contribution in [-0.2, 0) is 0 Å². The molecule has 21 heavy (non-hydrogen) atoms. The van der Waals surface area contributed by atoms with Crippen molar-refractivity contribution in [3.8, 4) is 6.07 Å². The van der Waals surface area contributed by atoms with Gasteiger partial charge in [0.2, 0.25) is 0 Å². The van der Waals surface area contributed by atoms with Gasteiger partial charge in [0.25, 0.3) is 0 Å². The van der Waals surface area contributed by atoms with Crippen LogP contribution >= 0.6 is 0 Å². The summed E-state index contributed by atoms with van der Waals surface area (Å²) in [6.45, 7) is 1.83. The fraction of sp³-hybridized carbons (Fsp3) is 0.312. The first-order valence-corrected chi connectivity index (χ1v) is 6.66. The van der Waals surface area contributed by atoms with E-state index in [2.05, 4.69) is 0 Å². The summed E-state index contributed by atoms with van der Waals surface area (Å²) in [5, 5.41) is 10.6. The molecule has 0 aliphatic heterocycles. The first-order valence-electron chi connectivity index (χ1n) is 6.66. The summed E-state index contributed by atoms with van der Waals surface area (Å²) in [5.41, 5.74) is 0.722. The number of fused-ring (bicyclic) bond motifs is 1. The van der Waals surface area contributed by atoms with E-state index in [4.69, 9.17) is 5.26 Å². The van der Waals surface area contributed by atoms with Crippen molar-refractivity contribution in [2.75, 3.05) is 18.0 Å². The molecule has 0 aliphatic rings. The van der Waals surface area contributed by atoms with Gasteiger partial charge in [-0.25, -0.2) is 0 Å². The molecule has 0 N–H and O–H groups in total. The van der Waals surface area contributed by atoms with Crippen LogP contribution in [0.1, 0.15) is 6.92 Å². The van der Waals surface area contributed by atoms with Crippen LogP contribution in [0.5, 0.6) is 0 Å². The molecule has 0 heterocycles. The van der Waals surface area contributed by atoms with E-state index in [9.17, 15) is 13.2 Å². The topological polar surface area (TPSA) is 27.0 Å². The average Bonchev–Trinajstić information content (AvgIpc) is 2.47. The van der Waals surface area contributed by atoms with Gasteiger partial charge in [0, 0.05) is 24.2 Å². The summed E-state index contributed by atoms with van der Waals surface area (Å²) < 4.78 is 38.4. The molecule has 0 aromatic heterocycles. The summed E-state index contributed by atoms with van der Waals surface area (Å²) in [6.07, 6.45) is -4.51. The molecule has 0 bridgehead atoms. The molecule has 2 nitrogen and oxygen atoms in total. The molecule has 0 saturated carbocycles. The normalized spacial score (nSPS) is 12.9. The highest BCUT2D eigenvalue weighted by Gasteiger charge is 2.40. The Morgan fingerprint density at radius 1 is 1.14 bits per heavy atom. The van der Waals surface area contributed by atoms with Crippen LogP contribution in [0.4, 0.5) is 18.9 Å². The number of alkyl halides is 3. The van der Waals surface area contributed by atoms with Crippen LogP contribution in [0.3, 0.4) is 0 Å². The van der Waals surface area contributed by atoms with E-state index in [1.165, 1.54) is 6.07 Å². The maximum absolute atomic E-state index is 12.8. The van der Waals surface area contributed by atoms with E-state index in [-0.39, 0.29) is 6.54 Å². The van der Waals surface area contributed by atoms with Crippen molar-refractivity contribution in [2.45, 2.75) is 13.1 Å². The zero-order valence-electron chi connectivity index (χ0n) is 11.6. The number of anilines is 1. The second-order valence-corrected chi connectivity index (χ2v) is 4.76. The van der Waals surface area contributed by atoms with Crippen LogP contribution in [0.2, 0.25) is 0 Å². The van der Waals surface area contributed by atoms with Gasteiger partial charge in [0.15, 0.2) is 5.92 Å². The Morgan fingerprint density at radius 3 is 2.43 bits per heavy atom. The second-order valence-electron chi connectivity index (χ2n) is 4.76. The second kappa shape index (κ2) is 6.04. The highest BCUT2D eigenvalue weighted by molar-refractivity contribution is 5.94. The molecular weight excluding hydrogens is 277 g/mol. The summed E-state index contributed by atoms with van der Waals surface area (Å²) >= 11 is 0. The molecule has 0 fully saturated rings. The largest absolute Gasteiger partial charge is 0.406 e. The molecule has 5 heteroatoms. The lowest BCUT2D eigenvalue weighted by Crippen LogP contribution is -2.36. The fourth-order valence-electron chi connectivity index (χ4n) is 2.32. The SMILES string of the molecule is CCN(CC(C#N)C(F)(F)F)c1cccc2ccccc12. The molecular formula is C16H15F3N2. The maximum atomic E-state index is 12.8. The Labute approximate surface area is 121 Å². The standard InChI is InChI=1S/C16H15F3N2/c1-2-21(11-13(10-20)16(17,18)19)15-9-5-7-12-6-3-4-8-14(12)15/h3-9,13H,2,11H2,1H3. The lowest BCUT2D eigenvalue weighted by Gasteiger charge is -2.27. The van der Waals surface area contributed by atoms with Crippen molar-refractivity contribution in [3.63, 3.8) is 0 Å². The van der Waals surface area contributed by atoms with E-state index < -0.39 is 12.1 Å². The van der Waals surface area contributed by atoms with Crippen molar-refractivity contribution in [3.05, 3.63) is 42.5 Å². The Morgan fingerprint density at radius 2 is 1.81 bits per heavy atom. The van der Waals surface area contributed by atoms with Crippen molar-refractivity contribution in [1.82, 2.24) is 0 Å². The van der Waals surface area contributed by atoms with E-state index in [0.29, 0.717) is 6.54 Å². The predicted molar refractivity (Wildman–Crippen MR) is 77.0 cm³/mol. The first kappa shape index (κ1) is 15.2. The zero-order valence-corrected chi connectivity index (χ0v) is 11.6. The number of hydrogen-bond donors (Lipinski definition) is 0.